The minimum atomic E-state index is -0.293. The Bertz CT molecular complexity index is 543. The molecule has 0 aliphatic rings. The molecule has 2 aromatic rings. The van der Waals surface area contributed by atoms with E-state index in [2.05, 4.69) is 0 Å². The van der Waals surface area contributed by atoms with Gasteiger partial charge in [0, 0.05) is 9.90 Å². The Morgan fingerprint density at radius 2 is 1.94 bits per heavy atom. The molecule has 2 nitrogen and oxygen atoms in total. The maximum Gasteiger partial charge on any atom is 0.348 e. The first-order chi connectivity index (χ1) is 8.11. The van der Waals surface area contributed by atoms with E-state index in [1.54, 1.807) is 0 Å². The Hall–Kier alpha value is -1.32. The number of methoxy groups -OCH3 is 1. The van der Waals surface area contributed by atoms with Gasteiger partial charge in [0.25, 0.3) is 0 Å². The second kappa shape index (κ2) is 4.90. The topological polar surface area (TPSA) is 26.3 Å². The molecule has 0 amide bonds. The molecule has 0 N–H and O–H groups in total. The van der Waals surface area contributed by atoms with Gasteiger partial charge in [0.2, 0.25) is 0 Å². The van der Waals surface area contributed by atoms with Crippen LogP contribution in [-0.2, 0) is 4.74 Å². The zero-order valence-corrected chi connectivity index (χ0v) is 11.1. The first kappa shape index (κ1) is 12.1. The van der Waals surface area contributed by atoms with Gasteiger partial charge < -0.3 is 4.74 Å². The third-order valence-corrected chi connectivity index (χ3v) is 3.93. The monoisotopic (exact) mass is 266 g/mol. The lowest BCUT2D eigenvalue weighted by atomic mass is 10.1. The second-order valence-corrected chi connectivity index (χ2v) is 5.11. The van der Waals surface area contributed by atoms with E-state index in [0.29, 0.717) is 9.90 Å². The van der Waals surface area contributed by atoms with Crippen LogP contribution in [0.15, 0.2) is 30.3 Å². The largest absolute Gasteiger partial charge is 0.465 e. The van der Waals surface area contributed by atoms with Crippen LogP contribution in [0, 0.1) is 6.92 Å². The van der Waals surface area contributed by atoms with Crippen molar-refractivity contribution >= 4 is 28.9 Å². The van der Waals surface area contributed by atoms with Crippen molar-refractivity contribution in [3.63, 3.8) is 0 Å². The molecule has 0 aliphatic carbocycles. The van der Waals surface area contributed by atoms with E-state index in [9.17, 15) is 4.79 Å². The summed E-state index contributed by atoms with van der Waals surface area (Å²) >= 11 is 7.28. The third-order valence-electron chi connectivity index (χ3n) is 2.41. The van der Waals surface area contributed by atoms with Gasteiger partial charge >= 0.3 is 5.97 Å². The molecular weight excluding hydrogens is 256 g/mol. The number of hydrogen-bond donors (Lipinski definition) is 0. The highest BCUT2D eigenvalue weighted by Gasteiger charge is 2.13. The molecule has 0 spiro atoms. The van der Waals surface area contributed by atoms with Crippen molar-refractivity contribution in [3.05, 3.63) is 45.8 Å². The summed E-state index contributed by atoms with van der Waals surface area (Å²) in [6.45, 7) is 1.98. The van der Waals surface area contributed by atoms with E-state index in [0.717, 1.165) is 16.0 Å². The van der Waals surface area contributed by atoms with Gasteiger partial charge in [-0.2, -0.15) is 0 Å². The minimum Gasteiger partial charge on any atom is -0.465 e. The summed E-state index contributed by atoms with van der Waals surface area (Å²) in [7, 11) is 1.39. The third kappa shape index (κ3) is 2.51. The molecule has 0 saturated heterocycles. The van der Waals surface area contributed by atoms with Gasteiger partial charge in [0.1, 0.15) is 4.88 Å². The first-order valence-electron chi connectivity index (χ1n) is 5.06. The van der Waals surface area contributed by atoms with E-state index in [-0.39, 0.29) is 5.97 Å². The van der Waals surface area contributed by atoms with Crippen molar-refractivity contribution in [3.8, 4) is 10.4 Å². The highest BCUT2D eigenvalue weighted by Crippen LogP contribution is 2.33. The minimum absolute atomic E-state index is 0.293. The van der Waals surface area contributed by atoms with Crippen LogP contribution in [0.3, 0.4) is 0 Å². The van der Waals surface area contributed by atoms with Gasteiger partial charge in [-0.15, -0.1) is 11.3 Å². The number of aryl methyl sites for hydroxylation is 1. The molecular formula is C13H11ClO2S. The Labute approximate surface area is 109 Å². The quantitative estimate of drug-likeness (QED) is 0.763. The van der Waals surface area contributed by atoms with Gasteiger partial charge in [-0.25, -0.2) is 4.79 Å². The van der Waals surface area contributed by atoms with E-state index < -0.39 is 0 Å². The molecule has 0 atom stereocenters. The second-order valence-electron chi connectivity index (χ2n) is 3.62. The van der Waals surface area contributed by atoms with Crippen molar-refractivity contribution in [1.29, 1.82) is 0 Å². The number of ether oxygens (including phenoxy) is 1. The fourth-order valence-electron chi connectivity index (χ4n) is 1.57. The van der Waals surface area contributed by atoms with Crippen LogP contribution in [0.25, 0.3) is 10.4 Å². The lowest BCUT2D eigenvalue weighted by Crippen LogP contribution is -1.96. The van der Waals surface area contributed by atoms with E-state index in [1.807, 2.05) is 37.3 Å². The molecule has 1 aromatic heterocycles. The van der Waals surface area contributed by atoms with Crippen LogP contribution in [0.2, 0.25) is 5.02 Å². The van der Waals surface area contributed by atoms with Crippen LogP contribution in [0.5, 0.6) is 0 Å². The van der Waals surface area contributed by atoms with Crippen molar-refractivity contribution in [2.75, 3.05) is 7.11 Å². The highest BCUT2D eigenvalue weighted by atomic mass is 35.5. The van der Waals surface area contributed by atoms with Crippen molar-refractivity contribution < 1.29 is 9.53 Å². The van der Waals surface area contributed by atoms with Gasteiger partial charge in [0.15, 0.2) is 0 Å². The SMILES string of the molecule is COC(=O)c1cc(C)c(-c2ccc(Cl)cc2)s1. The molecule has 0 fully saturated rings. The van der Waals surface area contributed by atoms with Crippen LogP contribution in [0.1, 0.15) is 15.2 Å². The smallest absolute Gasteiger partial charge is 0.348 e. The molecule has 4 heteroatoms. The fraction of sp³-hybridized carbons (Fsp3) is 0.154. The zero-order valence-electron chi connectivity index (χ0n) is 9.49. The summed E-state index contributed by atoms with van der Waals surface area (Å²) in [6, 6.07) is 9.42. The average molecular weight is 267 g/mol. The summed E-state index contributed by atoms with van der Waals surface area (Å²) in [5, 5.41) is 0.705. The summed E-state index contributed by atoms with van der Waals surface area (Å²) in [6.07, 6.45) is 0. The molecule has 1 heterocycles. The number of halogens is 1. The summed E-state index contributed by atoms with van der Waals surface area (Å²) < 4.78 is 4.71. The zero-order chi connectivity index (χ0) is 12.4. The number of hydrogen-bond acceptors (Lipinski definition) is 3. The normalized spacial score (nSPS) is 10.3. The molecule has 0 bridgehead atoms. The molecule has 0 aliphatic heterocycles. The molecule has 88 valence electrons. The maximum absolute atomic E-state index is 11.4. The van der Waals surface area contributed by atoms with Crippen molar-refractivity contribution in [2.24, 2.45) is 0 Å². The first-order valence-corrected chi connectivity index (χ1v) is 6.26. The summed E-state index contributed by atoms with van der Waals surface area (Å²) in [5.41, 5.74) is 2.13. The lowest BCUT2D eigenvalue weighted by Gasteiger charge is -1.99. The number of esters is 1. The average Bonchev–Trinajstić information content (AvgIpc) is 2.71. The number of thiophene rings is 1. The summed E-state index contributed by atoms with van der Waals surface area (Å²) in [4.78, 5) is 13.1. The van der Waals surface area contributed by atoms with E-state index in [4.69, 9.17) is 16.3 Å². The van der Waals surface area contributed by atoms with Crippen LogP contribution in [0.4, 0.5) is 0 Å². The fourth-order valence-corrected chi connectivity index (χ4v) is 2.79. The van der Waals surface area contributed by atoms with Gasteiger partial charge in [0.05, 0.1) is 7.11 Å². The maximum atomic E-state index is 11.4. The van der Waals surface area contributed by atoms with Gasteiger partial charge in [-0.3, -0.25) is 0 Å². The summed E-state index contributed by atoms with van der Waals surface area (Å²) in [5.74, 6) is -0.293. The number of benzene rings is 1. The Balaban J connectivity index is 2.42. The molecule has 17 heavy (non-hydrogen) atoms. The highest BCUT2D eigenvalue weighted by molar-refractivity contribution is 7.17. The number of carbonyl (C=O) groups excluding carboxylic acids is 1. The number of rotatable bonds is 2. The van der Waals surface area contributed by atoms with E-state index >= 15 is 0 Å². The molecule has 0 unspecified atom stereocenters. The molecule has 1 aromatic carbocycles. The predicted octanol–water partition coefficient (Wildman–Crippen LogP) is 4.16. The Kier molecular flexibility index (Phi) is 3.50. The van der Waals surface area contributed by atoms with Crippen molar-refractivity contribution in [1.82, 2.24) is 0 Å². The van der Waals surface area contributed by atoms with Crippen LogP contribution in [-0.4, -0.2) is 13.1 Å². The van der Waals surface area contributed by atoms with Gasteiger partial charge in [-0.1, -0.05) is 23.7 Å². The van der Waals surface area contributed by atoms with Crippen LogP contribution < -0.4 is 0 Å². The molecule has 0 saturated carbocycles. The van der Waals surface area contributed by atoms with E-state index in [1.165, 1.54) is 18.4 Å². The Morgan fingerprint density at radius 3 is 2.53 bits per heavy atom. The molecule has 0 radical (unpaired) electrons. The van der Waals surface area contributed by atoms with Crippen molar-refractivity contribution in [2.45, 2.75) is 6.92 Å². The molecule has 2 rings (SSSR count). The lowest BCUT2D eigenvalue weighted by molar-refractivity contribution is 0.0606. The standard InChI is InChI=1S/C13H11ClO2S/c1-8-7-11(13(15)16-2)17-12(8)9-3-5-10(14)6-4-9/h3-7H,1-2H3. The van der Waals surface area contributed by atoms with Gasteiger partial charge in [-0.05, 0) is 36.2 Å². The predicted molar refractivity (Wildman–Crippen MR) is 70.8 cm³/mol. The number of carbonyl (C=O) groups is 1. The Morgan fingerprint density at radius 1 is 1.29 bits per heavy atom. The van der Waals surface area contributed by atoms with Crippen LogP contribution >= 0.6 is 22.9 Å².